The fraction of sp³-hybridized carbons (Fsp3) is 0.500. The summed E-state index contributed by atoms with van der Waals surface area (Å²) < 4.78 is 10.8. The lowest BCUT2D eigenvalue weighted by Crippen LogP contribution is -2.53. The van der Waals surface area contributed by atoms with Crippen LogP contribution in [0.3, 0.4) is 0 Å². The first-order valence-electron chi connectivity index (χ1n) is 11.0. The normalized spacial score (nSPS) is 19.5. The Morgan fingerprint density at radius 3 is 2.32 bits per heavy atom. The molecule has 0 aliphatic carbocycles. The third-order valence-electron chi connectivity index (χ3n) is 6.36. The molecule has 1 aromatic heterocycles. The number of anilines is 1. The Morgan fingerprint density at radius 1 is 1.00 bits per heavy atom. The first-order chi connectivity index (χ1) is 15.0. The highest BCUT2D eigenvalue weighted by Gasteiger charge is 2.33. The largest absolute Gasteiger partial charge is 0.497 e. The topological polar surface area (TPSA) is 66.2 Å². The molecule has 7 nitrogen and oxygen atoms in total. The van der Waals surface area contributed by atoms with E-state index >= 15 is 0 Å². The first kappa shape index (κ1) is 21.3. The van der Waals surface area contributed by atoms with Gasteiger partial charge in [0.1, 0.15) is 17.3 Å². The number of aryl methyl sites for hydroxylation is 2. The molecule has 2 fully saturated rings. The summed E-state index contributed by atoms with van der Waals surface area (Å²) in [5.41, 5.74) is 1.76. The van der Waals surface area contributed by atoms with Crippen LogP contribution in [0.1, 0.15) is 34.7 Å². The zero-order chi connectivity index (χ0) is 22.0. The summed E-state index contributed by atoms with van der Waals surface area (Å²) in [6.07, 6.45) is 1.69. The Labute approximate surface area is 183 Å². The number of carbonyl (C=O) groups excluding carboxylic acids is 2. The number of hydrogen-bond acceptors (Lipinski definition) is 5. The van der Waals surface area contributed by atoms with Gasteiger partial charge in [0, 0.05) is 45.0 Å². The molecular formula is C24H31N3O4. The molecule has 2 aliphatic heterocycles. The van der Waals surface area contributed by atoms with Crippen molar-refractivity contribution in [3.8, 4) is 5.75 Å². The molecule has 31 heavy (non-hydrogen) atoms. The molecule has 2 saturated heterocycles. The van der Waals surface area contributed by atoms with E-state index in [1.807, 2.05) is 35.8 Å². The van der Waals surface area contributed by atoms with E-state index in [1.165, 1.54) is 0 Å². The number of furan rings is 1. The maximum atomic E-state index is 13.2. The van der Waals surface area contributed by atoms with Gasteiger partial charge in [0.05, 0.1) is 18.6 Å². The fourth-order valence-electron chi connectivity index (χ4n) is 4.61. The third kappa shape index (κ3) is 4.55. The summed E-state index contributed by atoms with van der Waals surface area (Å²) >= 11 is 0. The molecular weight excluding hydrogens is 394 g/mol. The van der Waals surface area contributed by atoms with Gasteiger partial charge in [-0.2, -0.15) is 0 Å². The van der Waals surface area contributed by atoms with E-state index in [0.29, 0.717) is 37.5 Å². The Kier molecular flexibility index (Phi) is 6.20. The Bertz CT molecular complexity index is 929. The van der Waals surface area contributed by atoms with E-state index in [1.54, 1.807) is 13.2 Å². The van der Waals surface area contributed by atoms with E-state index in [-0.39, 0.29) is 17.7 Å². The first-order valence-corrected chi connectivity index (χ1v) is 11.0. The average molecular weight is 426 g/mol. The van der Waals surface area contributed by atoms with Crippen LogP contribution in [0.4, 0.5) is 5.69 Å². The monoisotopic (exact) mass is 425 g/mol. The van der Waals surface area contributed by atoms with Crippen LogP contribution in [0.15, 0.2) is 34.7 Å². The van der Waals surface area contributed by atoms with Crippen molar-refractivity contribution in [1.29, 1.82) is 0 Å². The predicted octanol–water partition coefficient (Wildman–Crippen LogP) is 3.11. The molecule has 3 heterocycles. The third-order valence-corrected chi connectivity index (χ3v) is 6.36. The van der Waals surface area contributed by atoms with Crippen molar-refractivity contribution in [3.05, 3.63) is 47.4 Å². The van der Waals surface area contributed by atoms with Gasteiger partial charge in [0.15, 0.2) is 0 Å². The van der Waals surface area contributed by atoms with Crippen LogP contribution in [0, 0.1) is 19.8 Å². The molecule has 166 valence electrons. The second kappa shape index (κ2) is 9.04. The number of carbonyl (C=O) groups is 2. The molecule has 2 aliphatic rings. The average Bonchev–Trinajstić information content (AvgIpc) is 3.16. The van der Waals surface area contributed by atoms with Crippen molar-refractivity contribution in [2.75, 3.05) is 51.3 Å². The number of piperazine rings is 1. The van der Waals surface area contributed by atoms with E-state index in [9.17, 15) is 9.59 Å². The minimum Gasteiger partial charge on any atom is -0.497 e. The molecule has 1 aromatic carbocycles. The highest BCUT2D eigenvalue weighted by atomic mass is 16.5. The van der Waals surface area contributed by atoms with Gasteiger partial charge in [-0.25, -0.2) is 0 Å². The zero-order valence-electron chi connectivity index (χ0n) is 18.6. The molecule has 2 aromatic rings. The molecule has 0 N–H and O–H groups in total. The molecule has 1 unspecified atom stereocenters. The highest BCUT2D eigenvalue weighted by molar-refractivity contribution is 5.95. The molecule has 0 spiro atoms. The number of ether oxygens (including phenoxy) is 1. The van der Waals surface area contributed by atoms with Gasteiger partial charge in [-0.05, 0) is 57.0 Å². The van der Waals surface area contributed by atoms with Crippen molar-refractivity contribution in [1.82, 2.24) is 9.80 Å². The van der Waals surface area contributed by atoms with Crippen molar-refractivity contribution in [2.24, 2.45) is 5.92 Å². The Morgan fingerprint density at radius 2 is 1.71 bits per heavy atom. The Hall–Kier alpha value is -2.96. The van der Waals surface area contributed by atoms with Crippen LogP contribution in [0.2, 0.25) is 0 Å². The van der Waals surface area contributed by atoms with E-state index in [4.69, 9.17) is 9.15 Å². The van der Waals surface area contributed by atoms with E-state index < -0.39 is 0 Å². The van der Waals surface area contributed by atoms with Crippen LogP contribution in [0.25, 0.3) is 0 Å². The molecule has 7 heteroatoms. The molecule has 4 rings (SSSR count). The minimum atomic E-state index is -0.126. The lowest BCUT2D eigenvalue weighted by Gasteiger charge is -2.39. The van der Waals surface area contributed by atoms with Gasteiger partial charge in [-0.1, -0.05) is 0 Å². The van der Waals surface area contributed by atoms with Crippen LogP contribution in [0.5, 0.6) is 5.75 Å². The summed E-state index contributed by atoms with van der Waals surface area (Å²) in [5.74, 6) is 2.24. The smallest absolute Gasteiger partial charge is 0.257 e. The van der Waals surface area contributed by atoms with Gasteiger partial charge >= 0.3 is 0 Å². The minimum absolute atomic E-state index is 0.0313. The zero-order valence-corrected chi connectivity index (χ0v) is 18.6. The van der Waals surface area contributed by atoms with Crippen LogP contribution in [-0.4, -0.2) is 68.0 Å². The second-order valence-corrected chi connectivity index (χ2v) is 8.43. The highest BCUT2D eigenvalue weighted by Crippen LogP contribution is 2.25. The second-order valence-electron chi connectivity index (χ2n) is 8.43. The number of piperidine rings is 1. The summed E-state index contributed by atoms with van der Waals surface area (Å²) in [7, 11) is 1.66. The van der Waals surface area contributed by atoms with Crippen molar-refractivity contribution in [2.45, 2.75) is 26.7 Å². The number of likely N-dealkylation sites (tertiary alicyclic amines) is 1. The van der Waals surface area contributed by atoms with Gasteiger partial charge in [0.25, 0.3) is 5.91 Å². The Balaban J connectivity index is 1.34. The number of methoxy groups -OCH3 is 1. The van der Waals surface area contributed by atoms with Crippen LogP contribution >= 0.6 is 0 Å². The van der Waals surface area contributed by atoms with Crippen LogP contribution in [-0.2, 0) is 4.79 Å². The molecule has 0 radical (unpaired) electrons. The molecule has 1 atom stereocenters. The van der Waals surface area contributed by atoms with Gasteiger partial charge in [-0.3, -0.25) is 9.59 Å². The molecule has 0 saturated carbocycles. The summed E-state index contributed by atoms with van der Waals surface area (Å²) in [6, 6.07) is 9.83. The maximum Gasteiger partial charge on any atom is 0.257 e. The SMILES string of the molecule is COc1ccc(N2CCN(C(=O)C3CCCN(C(=O)c4cc(C)oc4C)C3)CC2)cc1. The molecule has 0 bridgehead atoms. The quantitative estimate of drug-likeness (QED) is 0.753. The lowest BCUT2D eigenvalue weighted by atomic mass is 9.95. The standard InChI is InChI=1S/C24H31N3O4/c1-17-15-22(18(2)31-17)24(29)27-10-4-5-19(16-27)23(28)26-13-11-25(12-14-26)20-6-8-21(30-3)9-7-20/h6-9,15,19H,4-5,10-14,16H2,1-3H3. The van der Waals surface area contributed by atoms with Crippen molar-refractivity contribution in [3.63, 3.8) is 0 Å². The summed E-state index contributed by atoms with van der Waals surface area (Å²) in [6.45, 7) is 7.86. The number of rotatable bonds is 4. The number of amides is 2. The summed E-state index contributed by atoms with van der Waals surface area (Å²) in [4.78, 5) is 32.2. The maximum absolute atomic E-state index is 13.2. The van der Waals surface area contributed by atoms with E-state index in [0.717, 1.165) is 43.1 Å². The number of nitrogens with zero attached hydrogens (tertiary/aromatic N) is 3. The van der Waals surface area contributed by atoms with Gasteiger partial charge in [0.2, 0.25) is 5.91 Å². The number of hydrogen-bond donors (Lipinski definition) is 0. The van der Waals surface area contributed by atoms with E-state index in [2.05, 4.69) is 17.0 Å². The predicted molar refractivity (Wildman–Crippen MR) is 119 cm³/mol. The summed E-state index contributed by atoms with van der Waals surface area (Å²) in [5, 5.41) is 0. The number of benzene rings is 1. The van der Waals surface area contributed by atoms with Gasteiger partial charge in [-0.15, -0.1) is 0 Å². The van der Waals surface area contributed by atoms with Crippen LogP contribution < -0.4 is 9.64 Å². The van der Waals surface area contributed by atoms with Crippen molar-refractivity contribution < 1.29 is 18.7 Å². The lowest BCUT2D eigenvalue weighted by molar-refractivity contribution is -0.137. The van der Waals surface area contributed by atoms with Crippen molar-refractivity contribution >= 4 is 17.5 Å². The van der Waals surface area contributed by atoms with Gasteiger partial charge < -0.3 is 23.9 Å². The molecule has 2 amide bonds. The fourth-order valence-corrected chi connectivity index (χ4v) is 4.61.